The SMILES string of the molecule is C[C@H]1O[C@@H]2OC(=O)N(C)[C@@H]2CC1=O. The smallest absolute Gasteiger partial charge is 0.412 e. The van der Waals surface area contributed by atoms with Gasteiger partial charge in [-0.05, 0) is 6.92 Å². The molecule has 0 N–H and O–H groups in total. The highest BCUT2D eigenvalue weighted by molar-refractivity contribution is 5.85. The second-order valence-electron chi connectivity index (χ2n) is 3.38. The summed E-state index contributed by atoms with van der Waals surface area (Å²) in [6, 6.07) is -0.240. The summed E-state index contributed by atoms with van der Waals surface area (Å²) >= 11 is 0. The van der Waals surface area contributed by atoms with Crippen LogP contribution in [0.1, 0.15) is 13.3 Å². The molecule has 0 aromatic rings. The number of amides is 1. The number of carbonyl (C=O) groups is 2. The molecule has 72 valence electrons. The molecule has 1 amide bonds. The zero-order valence-electron chi connectivity index (χ0n) is 7.52. The molecule has 5 heteroatoms. The molecule has 3 atom stereocenters. The fraction of sp³-hybridized carbons (Fsp3) is 0.750. The van der Waals surface area contributed by atoms with Crippen LogP contribution in [0.3, 0.4) is 0 Å². The summed E-state index contributed by atoms with van der Waals surface area (Å²) in [5.41, 5.74) is 0. The Hall–Kier alpha value is -1.10. The summed E-state index contributed by atoms with van der Waals surface area (Å²) in [6.07, 6.45) is -1.11. The predicted octanol–water partition coefficient (Wildman–Crippen LogP) is 0.141. The molecule has 0 aromatic carbocycles. The van der Waals surface area contributed by atoms with E-state index in [0.29, 0.717) is 6.42 Å². The molecule has 0 radical (unpaired) electrons. The summed E-state index contributed by atoms with van der Waals surface area (Å²) in [5.74, 6) is 0.0198. The van der Waals surface area contributed by atoms with Crippen molar-refractivity contribution in [3.63, 3.8) is 0 Å². The first-order valence-corrected chi connectivity index (χ1v) is 4.21. The summed E-state index contributed by atoms with van der Waals surface area (Å²) < 4.78 is 10.1. The van der Waals surface area contributed by atoms with E-state index in [9.17, 15) is 9.59 Å². The third kappa shape index (κ3) is 1.19. The van der Waals surface area contributed by atoms with E-state index in [4.69, 9.17) is 9.47 Å². The molecular weight excluding hydrogens is 174 g/mol. The van der Waals surface area contributed by atoms with E-state index in [-0.39, 0.29) is 11.8 Å². The van der Waals surface area contributed by atoms with Gasteiger partial charge in [-0.3, -0.25) is 4.79 Å². The molecule has 0 bridgehead atoms. The Balaban J connectivity index is 2.16. The van der Waals surface area contributed by atoms with Crippen molar-refractivity contribution in [1.29, 1.82) is 0 Å². The minimum atomic E-state index is -0.565. The topological polar surface area (TPSA) is 55.8 Å². The quantitative estimate of drug-likeness (QED) is 0.538. The van der Waals surface area contributed by atoms with Crippen molar-refractivity contribution in [1.82, 2.24) is 4.90 Å². The van der Waals surface area contributed by atoms with Gasteiger partial charge >= 0.3 is 6.09 Å². The first-order valence-electron chi connectivity index (χ1n) is 4.21. The lowest BCUT2D eigenvalue weighted by Gasteiger charge is -2.28. The lowest BCUT2D eigenvalue weighted by Crippen LogP contribution is -2.45. The molecule has 0 saturated carbocycles. The van der Waals surface area contributed by atoms with Crippen LogP contribution in [0.25, 0.3) is 0 Å². The number of ether oxygens (including phenoxy) is 2. The first kappa shape index (κ1) is 8.50. The molecule has 0 aromatic heterocycles. The summed E-state index contributed by atoms with van der Waals surface area (Å²) in [5, 5.41) is 0. The molecule has 0 unspecified atom stereocenters. The van der Waals surface area contributed by atoms with E-state index < -0.39 is 18.5 Å². The Morgan fingerprint density at radius 2 is 2.15 bits per heavy atom. The number of carbonyl (C=O) groups excluding carboxylic acids is 2. The Kier molecular flexibility index (Phi) is 1.76. The van der Waals surface area contributed by atoms with Gasteiger partial charge in [0.1, 0.15) is 12.1 Å². The Morgan fingerprint density at radius 1 is 1.46 bits per heavy atom. The lowest BCUT2D eigenvalue weighted by atomic mass is 10.0. The van der Waals surface area contributed by atoms with Crippen molar-refractivity contribution in [2.45, 2.75) is 31.8 Å². The summed E-state index contributed by atoms with van der Waals surface area (Å²) in [4.78, 5) is 23.7. The molecule has 2 rings (SSSR count). The second-order valence-corrected chi connectivity index (χ2v) is 3.38. The largest absolute Gasteiger partial charge is 0.417 e. The molecule has 2 aliphatic heterocycles. The maximum Gasteiger partial charge on any atom is 0.412 e. The highest BCUT2D eigenvalue weighted by atomic mass is 16.7. The number of hydrogen-bond acceptors (Lipinski definition) is 4. The monoisotopic (exact) mass is 185 g/mol. The number of Topliss-reactive ketones (excluding diaryl/α,β-unsaturated/α-hetero) is 1. The Bertz CT molecular complexity index is 265. The van der Waals surface area contributed by atoms with Crippen LogP contribution in [0.5, 0.6) is 0 Å². The molecule has 2 aliphatic rings. The number of ketones is 1. The van der Waals surface area contributed by atoms with E-state index in [2.05, 4.69) is 0 Å². The number of rotatable bonds is 0. The van der Waals surface area contributed by atoms with Gasteiger partial charge < -0.3 is 14.4 Å². The standard InChI is InChI=1S/C8H11NO4/c1-4-6(10)3-5-7(12-4)13-8(11)9(5)2/h4-5,7H,3H2,1-2H3/t4-,5-,7-/m1/s1. The van der Waals surface area contributed by atoms with Gasteiger partial charge in [0.2, 0.25) is 6.29 Å². The fourth-order valence-electron chi connectivity index (χ4n) is 1.58. The second kappa shape index (κ2) is 2.70. The maximum absolute atomic E-state index is 11.3. The minimum absolute atomic E-state index is 0.0198. The van der Waals surface area contributed by atoms with Crippen LogP contribution in [0.2, 0.25) is 0 Å². The molecule has 0 spiro atoms. The van der Waals surface area contributed by atoms with Gasteiger partial charge in [0.25, 0.3) is 0 Å². The Morgan fingerprint density at radius 3 is 2.85 bits per heavy atom. The molecular formula is C8H11NO4. The molecule has 0 aliphatic carbocycles. The first-order chi connectivity index (χ1) is 6.09. The van der Waals surface area contributed by atoms with Crippen molar-refractivity contribution in [3.8, 4) is 0 Å². The average molecular weight is 185 g/mol. The van der Waals surface area contributed by atoms with E-state index in [1.54, 1.807) is 14.0 Å². The molecule has 13 heavy (non-hydrogen) atoms. The highest BCUT2D eigenvalue weighted by Gasteiger charge is 2.46. The van der Waals surface area contributed by atoms with E-state index in [0.717, 1.165) is 0 Å². The predicted molar refractivity (Wildman–Crippen MR) is 42.0 cm³/mol. The summed E-state index contributed by atoms with van der Waals surface area (Å²) in [7, 11) is 1.61. The van der Waals surface area contributed by atoms with E-state index >= 15 is 0 Å². The highest BCUT2D eigenvalue weighted by Crippen LogP contribution is 2.27. The van der Waals surface area contributed by atoms with Gasteiger partial charge in [0, 0.05) is 13.5 Å². The third-order valence-corrected chi connectivity index (χ3v) is 2.52. The molecule has 5 nitrogen and oxygen atoms in total. The van der Waals surface area contributed by atoms with Gasteiger partial charge in [-0.1, -0.05) is 0 Å². The van der Waals surface area contributed by atoms with Crippen LogP contribution >= 0.6 is 0 Å². The van der Waals surface area contributed by atoms with Gasteiger partial charge in [-0.15, -0.1) is 0 Å². The van der Waals surface area contributed by atoms with Crippen LogP contribution in [0.4, 0.5) is 4.79 Å². The van der Waals surface area contributed by atoms with E-state index in [1.165, 1.54) is 4.90 Å². The van der Waals surface area contributed by atoms with Crippen molar-refractivity contribution in [2.24, 2.45) is 0 Å². The molecule has 2 heterocycles. The number of hydrogen-bond donors (Lipinski definition) is 0. The maximum atomic E-state index is 11.3. The van der Waals surface area contributed by atoms with Crippen molar-refractivity contribution in [3.05, 3.63) is 0 Å². The van der Waals surface area contributed by atoms with Crippen LogP contribution in [0, 0.1) is 0 Å². The van der Waals surface area contributed by atoms with Crippen LogP contribution < -0.4 is 0 Å². The average Bonchev–Trinajstić information content (AvgIpc) is 2.32. The van der Waals surface area contributed by atoms with Crippen molar-refractivity contribution >= 4 is 11.9 Å². The third-order valence-electron chi connectivity index (χ3n) is 2.52. The zero-order chi connectivity index (χ0) is 9.59. The van der Waals surface area contributed by atoms with Crippen LogP contribution in [0.15, 0.2) is 0 Å². The number of fused-ring (bicyclic) bond motifs is 1. The number of nitrogens with zero attached hydrogens (tertiary/aromatic N) is 1. The van der Waals surface area contributed by atoms with Crippen molar-refractivity contribution in [2.75, 3.05) is 7.05 Å². The summed E-state index contributed by atoms with van der Waals surface area (Å²) in [6.45, 7) is 1.67. The Labute approximate surface area is 75.6 Å². The van der Waals surface area contributed by atoms with Gasteiger partial charge in [-0.25, -0.2) is 4.79 Å². The fourth-order valence-corrected chi connectivity index (χ4v) is 1.58. The zero-order valence-corrected chi connectivity index (χ0v) is 7.52. The lowest BCUT2D eigenvalue weighted by molar-refractivity contribution is -0.170. The van der Waals surface area contributed by atoms with Crippen LogP contribution in [-0.4, -0.2) is 42.3 Å². The molecule has 2 fully saturated rings. The minimum Gasteiger partial charge on any atom is -0.417 e. The molecule has 2 saturated heterocycles. The number of likely N-dealkylation sites (N-methyl/N-ethyl adjacent to an activating group) is 1. The normalized spacial score (nSPS) is 38.9. The van der Waals surface area contributed by atoms with Gasteiger partial charge in [0.05, 0.1) is 0 Å². The van der Waals surface area contributed by atoms with Gasteiger partial charge in [-0.2, -0.15) is 0 Å². The van der Waals surface area contributed by atoms with Crippen molar-refractivity contribution < 1.29 is 19.1 Å². The van der Waals surface area contributed by atoms with Gasteiger partial charge in [0.15, 0.2) is 5.78 Å². The van der Waals surface area contributed by atoms with Crippen LogP contribution in [-0.2, 0) is 14.3 Å². The van der Waals surface area contributed by atoms with E-state index in [1.807, 2.05) is 0 Å².